The first-order valence-electron chi connectivity index (χ1n) is 6.65. The molecule has 2 N–H and O–H groups in total. The van der Waals surface area contributed by atoms with E-state index >= 15 is 0 Å². The molecule has 0 heterocycles. The van der Waals surface area contributed by atoms with Crippen molar-refractivity contribution in [3.63, 3.8) is 0 Å². The van der Waals surface area contributed by atoms with Crippen LogP contribution in [-0.2, 0) is 9.53 Å². The number of hydrogen-bond acceptors (Lipinski definition) is 3. The molecule has 0 saturated carbocycles. The SMILES string of the molecule is Cc1cc(NC(=O)CCCOC(C)C)ccc1C(=O)O. The molecule has 0 aliphatic rings. The minimum atomic E-state index is -0.966. The summed E-state index contributed by atoms with van der Waals surface area (Å²) in [6.07, 6.45) is 1.21. The van der Waals surface area contributed by atoms with Gasteiger partial charge in [0.25, 0.3) is 0 Å². The van der Waals surface area contributed by atoms with Gasteiger partial charge in [-0.3, -0.25) is 4.79 Å². The number of benzene rings is 1. The number of carboxylic acids is 1. The summed E-state index contributed by atoms with van der Waals surface area (Å²) in [5, 5.41) is 11.7. The molecule has 0 saturated heterocycles. The number of nitrogens with one attached hydrogen (secondary N) is 1. The molecular formula is C15H21NO4. The van der Waals surface area contributed by atoms with Crippen LogP contribution in [0.3, 0.4) is 0 Å². The molecule has 5 nitrogen and oxygen atoms in total. The van der Waals surface area contributed by atoms with Crippen molar-refractivity contribution in [3.05, 3.63) is 29.3 Å². The molecule has 0 bridgehead atoms. The molecule has 0 unspecified atom stereocenters. The van der Waals surface area contributed by atoms with Gasteiger partial charge < -0.3 is 15.2 Å². The van der Waals surface area contributed by atoms with Crippen LogP contribution in [-0.4, -0.2) is 29.7 Å². The first-order valence-corrected chi connectivity index (χ1v) is 6.65. The topological polar surface area (TPSA) is 75.6 Å². The lowest BCUT2D eigenvalue weighted by molar-refractivity contribution is -0.116. The zero-order chi connectivity index (χ0) is 15.1. The van der Waals surface area contributed by atoms with Gasteiger partial charge in [0.05, 0.1) is 11.7 Å². The number of rotatable bonds is 7. The molecule has 20 heavy (non-hydrogen) atoms. The standard InChI is InChI=1S/C15H21NO4/c1-10(2)20-8-4-5-14(17)16-12-6-7-13(15(18)19)11(3)9-12/h6-7,9-10H,4-5,8H2,1-3H3,(H,16,17)(H,18,19). The molecule has 0 fully saturated rings. The van der Waals surface area contributed by atoms with Crippen molar-refractivity contribution in [1.82, 2.24) is 0 Å². The van der Waals surface area contributed by atoms with E-state index in [4.69, 9.17) is 9.84 Å². The van der Waals surface area contributed by atoms with E-state index in [1.165, 1.54) is 6.07 Å². The van der Waals surface area contributed by atoms with Crippen molar-refractivity contribution in [2.75, 3.05) is 11.9 Å². The average Bonchev–Trinajstić information content (AvgIpc) is 2.34. The minimum absolute atomic E-state index is 0.0974. The molecule has 1 rings (SSSR count). The van der Waals surface area contributed by atoms with Gasteiger partial charge in [-0.1, -0.05) is 0 Å². The highest BCUT2D eigenvalue weighted by Crippen LogP contribution is 2.15. The number of hydrogen-bond donors (Lipinski definition) is 2. The summed E-state index contributed by atoms with van der Waals surface area (Å²) in [4.78, 5) is 22.6. The molecule has 1 aromatic rings. The van der Waals surface area contributed by atoms with E-state index in [0.717, 1.165) is 0 Å². The van der Waals surface area contributed by atoms with E-state index in [-0.39, 0.29) is 17.6 Å². The van der Waals surface area contributed by atoms with Gasteiger partial charge in [0.15, 0.2) is 0 Å². The molecule has 1 aromatic carbocycles. The smallest absolute Gasteiger partial charge is 0.335 e. The van der Waals surface area contributed by atoms with E-state index in [1.54, 1.807) is 19.1 Å². The Labute approximate surface area is 118 Å². The number of anilines is 1. The Kier molecular flexibility index (Phi) is 6.18. The average molecular weight is 279 g/mol. The molecule has 110 valence electrons. The Balaban J connectivity index is 2.46. The van der Waals surface area contributed by atoms with Gasteiger partial charge in [-0.15, -0.1) is 0 Å². The van der Waals surface area contributed by atoms with Crippen molar-refractivity contribution >= 4 is 17.6 Å². The lowest BCUT2D eigenvalue weighted by Gasteiger charge is -2.09. The summed E-state index contributed by atoms with van der Waals surface area (Å²) in [5.74, 6) is -1.06. The number of aryl methyl sites for hydroxylation is 1. The Hall–Kier alpha value is -1.88. The molecule has 0 aromatic heterocycles. The van der Waals surface area contributed by atoms with Gasteiger partial charge in [0, 0.05) is 18.7 Å². The van der Waals surface area contributed by atoms with Crippen molar-refractivity contribution in [1.29, 1.82) is 0 Å². The maximum Gasteiger partial charge on any atom is 0.335 e. The van der Waals surface area contributed by atoms with E-state index < -0.39 is 5.97 Å². The van der Waals surface area contributed by atoms with Gasteiger partial charge in [0.2, 0.25) is 5.91 Å². The van der Waals surface area contributed by atoms with Crippen molar-refractivity contribution < 1.29 is 19.4 Å². The zero-order valence-corrected chi connectivity index (χ0v) is 12.1. The van der Waals surface area contributed by atoms with Gasteiger partial charge in [0.1, 0.15) is 0 Å². The summed E-state index contributed by atoms with van der Waals surface area (Å²) in [5.41, 5.74) is 1.48. The summed E-state index contributed by atoms with van der Waals surface area (Å²) in [6, 6.07) is 4.75. The fourth-order valence-electron chi connectivity index (χ4n) is 1.76. The van der Waals surface area contributed by atoms with Gasteiger partial charge >= 0.3 is 5.97 Å². The molecule has 5 heteroatoms. The molecular weight excluding hydrogens is 258 g/mol. The first-order chi connectivity index (χ1) is 9.40. The van der Waals surface area contributed by atoms with Crippen LogP contribution in [0, 0.1) is 6.92 Å². The normalized spacial score (nSPS) is 10.6. The quantitative estimate of drug-likeness (QED) is 0.752. The predicted molar refractivity (Wildman–Crippen MR) is 77.1 cm³/mol. The van der Waals surface area contributed by atoms with Gasteiger partial charge in [-0.25, -0.2) is 4.79 Å². The van der Waals surface area contributed by atoms with E-state index in [2.05, 4.69) is 5.32 Å². The van der Waals surface area contributed by atoms with Crippen LogP contribution < -0.4 is 5.32 Å². The fourth-order valence-corrected chi connectivity index (χ4v) is 1.76. The van der Waals surface area contributed by atoms with Crippen LogP contribution in [0.5, 0.6) is 0 Å². The molecule has 0 radical (unpaired) electrons. The van der Waals surface area contributed by atoms with Crippen molar-refractivity contribution in [2.45, 2.75) is 39.7 Å². The highest BCUT2D eigenvalue weighted by molar-refractivity contribution is 5.93. The number of amides is 1. The van der Waals surface area contributed by atoms with Gasteiger partial charge in [-0.05, 0) is 51.0 Å². The van der Waals surface area contributed by atoms with Crippen LogP contribution in [0.2, 0.25) is 0 Å². The van der Waals surface area contributed by atoms with Crippen LogP contribution >= 0.6 is 0 Å². The summed E-state index contributed by atoms with van der Waals surface area (Å²) in [7, 11) is 0. The maximum absolute atomic E-state index is 11.7. The molecule has 0 spiro atoms. The number of ether oxygens (including phenoxy) is 1. The summed E-state index contributed by atoms with van der Waals surface area (Å²) >= 11 is 0. The molecule has 1 amide bonds. The first kappa shape index (κ1) is 16.2. The number of carboxylic acid groups (broad SMARTS) is 1. The van der Waals surface area contributed by atoms with Gasteiger partial charge in [-0.2, -0.15) is 0 Å². The van der Waals surface area contributed by atoms with Crippen LogP contribution in [0.4, 0.5) is 5.69 Å². The molecule has 0 aliphatic heterocycles. The number of carbonyl (C=O) groups is 2. The molecule has 0 atom stereocenters. The van der Waals surface area contributed by atoms with Crippen LogP contribution in [0.25, 0.3) is 0 Å². The third kappa shape index (κ3) is 5.40. The Morgan fingerprint density at radius 3 is 2.60 bits per heavy atom. The third-order valence-electron chi connectivity index (χ3n) is 2.74. The summed E-state index contributed by atoms with van der Waals surface area (Å²) < 4.78 is 5.36. The maximum atomic E-state index is 11.7. The molecule has 0 aliphatic carbocycles. The van der Waals surface area contributed by atoms with Crippen molar-refractivity contribution in [2.24, 2.45) is 0 Å². The summed E-state index contributed by atoms with van der Waals surface area (Å²) in [6.45, 7) is 6.16. The van der Waals surface area contributed by atoms with E-state index in [0.29, 0.717) is 30.7 Å². The highest BCUT2D eigenvalue weighted by Gasteiger charge is 2.08. The van der Waals surface area contributed by atoms with Crippen LogP contribution in [0.1, 0.15) is 42.6 Å². The lowest BCUT2D eigenvalue weighted by atomic mass is 10.1. The lowest BCUT2D eigenvalue weighted by Crippen LogP contribution is -2.13. The van der Waals surface area contributed by atoms with Crippen LogP contribution in [0.15, 0.2) is 18.2 Å². The second-order valence-electron chi connectivity index (χ2n) is 4.91. The minimum Gasteiger partial charge on any atom is -0.478 e. The van der Waals surface area contributed by atoms with E-state index in [1.807, 2.05) is 13.8 Å². The number of carbonyl (C=O) groups excluding carboxylic acids is 1. The Bertz CT molecular complexity index is 483. The van der Waals surface area contributed by atoms with E-state index in [9.17, 15) is 9.59 Å². The largest absolute Gasteiger partial charge is 0.478 e. The third-order valence-corrected chi connectivity index (χ3v) is 2.74. The Morgan fingerprint density at radius 1 is 1.35 bits per heavy atom. The Morgan fingerprint density at radius 2 is 2.05 bits per heavy atom. The second kappa shape index (κ2) is 7.65. The fraction of sp³-hybridized carbons (Fsp3) is 0.467. The zero-order valence-electron chi connectivity index (χ0n) is 12.1. The predicted octanol–water partition coefficient (Wildman–Crippen LogP) is 2.84. The second-order valence-corrected chi connectivity index (χ2v) is 4.91. The van der Waals surface area contributed by atoms with Crippen molar-refractivity contribution in [3.8, 4) is 0 Å². The monoisotopic (exact) mass is 279 g/mol. The number of aromatic carboxylic acids is 1. The highest BCUT2D eigenvalue weighted by atomic mass is 16.5.